The molecule has 0 radical (unpaired) electrons. The number of ether oxygens (including phenoxy) is 2. The largest absolute Gasteiger partial charge is 0.381 e. The first-order chi connectivity index (χ1) is 9.84. The maximum atomic E-state index is 5.98. The van der Waals surface area contributed by atoms with Gasteiger partial charge in [0.05, 0.1) is 0 Å². The summed E-state index contributed by atoms with van der Waals surface area (Å²) in [5, 5.41) is 7.57. The molecule has 0 atom stereocenters. The zero-order chi connectivity index (χ0) is 13.8. The Morgan fingerprint density at radius 3 is 2.75 bits per heavy atom. The molecule has 2 saturated heterocycles. The second-order valence-electron chi connectivity index (χ2n) is 5.52. The lowest BCUT2D eigenvalue weighted by molar-refractivity contribution is -0.118. The lowest BCUT2D eigenvalue weighted by atomic mass is 9.93. The van der Waals surface area contributed by atoms with Crippen molar-refractivity contribution in [3.05, 3.63) is 11.7 Å². The van der Waals surface area contributed by atoms with Gasteiger partial charge in [0, 0.05) is 38.6 Å². The van der Waals surface area contributed by atoms with Gasteiger partial charge in [-0.25, -0.2) is 0 Å². The van der Waals surface area contributed by atoms with Gasteiger partial charge in [0.25, 0.3) is 0 Å². The molecule has 20 heavy (non-hydrogen) atoms. The van der Waals surface area contributed by atoms with Crippen molar-refractivity contribution in [1.82, 2.24) is 15.5 Å². The zero-order valence-electron chi connectivity index (χ0n) is 12.1. The van der Waals surface area contributed by atoms with Crippen LogP contribution in [0.1, 0.15) is 50.2 Å². The van der Waals surface area contributed by atoms with Gasteiger partial charge in [0.2, 0.25) is 11.7 Å². The molecule has 0 aromatic carbocycles. The predicted octanol–water partition coefficient (Wildman–Crippen LogP) is 1.58. The highest BCUT2D eigenvalue weighted by Crippen LogP contribution is 2.35. The summed E-state index contributed by atoms with van der Waals surface area (Å²) in [7, 11) is 0. The van der Waals surface area contributed by atoms with Crippen LogP contribution in [0.5, 0.6) is 0 Å². The highest BCUT2D eigenvalue weighted by molar-refractivity contribution is 5.05. The van der Waals surface area contributed by atoms with Crippen LogP contribution in [0, 0.1) is 0 Å². The van der Waals surface area contributed by atoms with Crippen molar-refractivity contribution in [3.8, 4) is 0 Å². The molecule has 1 N–H and O–H groups in total. The summed E-state index contributed by atoms with van der Waals surface area (Å²) in [6, 6.07) is 0. The molecule has 0 spiro atoms. The van der Waals surface area contributed by atoms with Gasteiger partial charge in [-0.3, -0.25) is 0 Å². The minimum absolute atomic E-state index is 0.385. The molecule has 2 aliphatic rings. The number of nitrogens with zero attached hydrogens (tertiary/aromatic N) is 2. The molecular weight excluding hydrogens is 258 g/mol. The number of hydrogen-bond acceptors (Lipinski definition) is 6. The Hall–Kier alpha value is -0.980. The minimum Gasteiger partial charge on any atom is -0.381 e. The van der Waals surface area contributed by atoms with Gasteiger partial charge in [-0.1, -0.05) is 5.16 Å². The molecule has 0 amide bonds. The molecule has 112 valence electrons. The lowest BCUT2D eigenvalue weighted by Crippen LogP contribution is -2.37. The topological polar surface area (TPSA) is 69.4 Å². The first-order valence-electron chi connectivity index (χ1n) is 7.60. The summed E-state index contributed by atoms with van der Waals surface area (Å²) in [5.74, 6) is 1.86. The van der Waals surface area contributed by atoms with E-state index in [-0.39, 0.29) is 0 Å². The SMILES string of the molecule is CCOC1(c2noc(C3CCNCC3)n2)CCOCC1. The fraction of sp³-hybridized carbons (Fsp3) is 0.857. The Bertz CT molecular complexity index is 418. The van der Waals surface area contributed by atoms with E-state index >= 15 is 0 Å². The number of nitrogens with one attached hydrogen (secondary N) is 1. The van der Waals surface area contributed by atoms with E-state index in [0.717, 1.165) is 44.7 Å². The van der Waals surface area contributed by atoms with E-state index in [2.05, 4.69) is 15.5 Å². The van der Waals surface area contributed by atoms with Gasteiger partial charge in [0.1, 0.15) is 5.60 Å². The van der Waals surface area contributed by atoms with E-state index in [1.807, 2.05) is 6.92 Å². The highest BCUT2D eigenvalue weighted by Gasteiger charge is 2.40. The Labute approximate surface area is 119 Å². The second kappa shape index (κ2) is 6.20. The number of piperidine rings is 1. The molecular formula is C14H23N3O3. The van der Waals surface area contributed by atoms with Crippen molar-refractivity contribution in [2.24, 2.45) is 0 Å². The summed E-state index contributed by atoms with van der Waals surface area (Å²) in [6.07, 6.45) is 3.72. The maximum Gasteiger partial charge on any atom is 0.229 e. The molecule has 2 fully saturated rings. The Kier molecular flexibility index (Phi) is 4.33. The van der Waals surface area contributed by atoms with Crippen molar-refractivity contribution in [1.29, 1.82) is 0 Å². The van der Waals surface area contributed by atoms with E-state index in [4.69, 9.17) is 14.0 Å². The van der Waals surface area contributed by atoms with Crippen LogP contribution in [-0.2, 0) is 15.1 Å². The molecule has 0 unspecified atom stereocenters. The zero-order valence-corrected chi connectivity index (χ0v) is 12.1. The van der Waals surface area contributed by atoms with Crippen LogP contribution in [0.25, 0.3) is 0 Å². The van der Waals surface area contributed by atoms with Gasteiger partial charge in [-0.2, -0.15) is 4.98 Å². The van der Waals surface area contributed by atoms with Gasteiger partial charge in [0.15, 0.2) is 0 Å². The average molecular weight is 281 g/mol. The van der Waals surface area contributed by atoms with Crippen LogP contribution in [0.15, 0.2) is 4.52 Å². The van der Waals surface area contributed by atoms with Crippen molar-refractivity contribution in [2.75, 3.05) is 32.9 Å². The minimum atomic E-state index is -0.415. The van der Waals surface area contributed by atoms with Crippen LogP contribution in [0.3, 0.4) is 0 Å². The van der Waals surface area contributed by atoms with E-state index < -0.39 is 5.60 Å². The molecule has 6 heteroatoms. The number of hydrogen-bond donors (Lipinski definition) is 1. The van der Waals surface area contributed by atoms with Crippen molar-refractivity contribution in [2.45, 2.75) is 44.1 Å². The van der Waals surface area contributed by atoms with E-state index in [1.165, 1.54) is 0 Å². The first kappa shape index (κ1) is 14.0. The summed E-state index contributed by atoms with van der Waals surface area (Å²) in [5.41, 5.74) is -0.415. The lowest BCUT2D eigenvalue weighted by Gasteiger charge is -2.33. The third-order valence-corrected chi connectivity index (χ3v) is 4.26. The fourth-order valence-electron chi connectivity index (χ4n) is 3.06. The quantitative estimate of drug-likeness (QED) is 0.903. The molecule has 2 aliphatic heterocycles. The monoisotopic (exact) mass is 281 g/mol. The van der Waals surface area contributed by atoms with Gasteiger partial charge in [-0.05, 0) is 32.9 Å². The standard InChI is InChI=1S/C14H23N3O3/c1-2-19-14(5-9-18-10-6-14)13-16-12(20-17-13)11-3-7-15-8-4-11/h11,15H,2-10H2,1H3. The molecule has 0 saturated carbocycles. The van der Waals surface area contributed by atoms with E-state index in [0.29, 0.717) is 31.6 Å². The summed E-state index contributed by atoms with van der Waals surface area (Å²) < 4.78 is 16.9. The third-order valence-electron chi connectivity index (χ3n) is 4.26. The van der Waals surface area contributed by atoms with Crippen LogP contribution in [0.4, 0.5) is 0 Å². The normalized spacial score (nSPS) is 23.9. The molecule has 6 nitrogen and oxygen atoms in total. The van der Waals surface area contributed by atoms with Gasteiger partial charge in [-0.15, -0.1) is 0 Å². The number of rotatable bonds is 4. The highest BCUT2D eigenvalue weighted by atomic mass is 16.5. The van der Waals surface area contributed by atoms with Gasteiger partial charge < -0.3 is 19.3 Å². The molecule has 1 aromatic heterocycles. The first-order valence-corrected chi connectivity index (χ1v) is 7.60. The predicted molar refractivity (Wildman–Crippen MR) is 72.5 cm³/mol. The Morgan fingerprint density at radius 1 is 1.30 bits per heavy atom. The molecule has 1 aromatic rings. The molecule has 0 aliphatic carbocycles. The van der Waals surface area contributed by atoms with Crippen LogP contribution >= 0.6 is 0 Å². The average Bonchev–Trinajstić information content (AvgIpc) is 3.00. The van der Waals surface area contributed by atoms with Crippen molar-refractivity contribution < 1.29 is 14.0 Å². The van der Waals surface area contributed by atoms with Crippen molar-refractivity contribution in [3.63, 3.8) is 0 Å². The van der Waals surface area contributed by atoms with Crippen molar-refractivity contribution >= 4 is 0 Å². The second-order valence-corrected chi connectivity index (χ2v) is 5.52. The van der Waals surface area contributed by atoms with Crippen LogP contribution in [-0.4, -0.2) is 43.1 Å². The number of aromatic nitrogens is 2. The summed E-state index contributed by atoms with van der Waals surface area (Å²) in [6.45, 7) is 6.08. The molecule has 0 bridgehead atoms. The third kappa shape index (κ3) is 2.73. The van der Waals surface area contributed by atoms with Crippen LogP contribution in [0.2, 0.25) is 0 Å². The van der Waals surface area contributed by atoms with Gasteiger partial charge >= 0.3 is 0 Å². The Balaban J connectivity index is 1.79. The smallest absolute Gasteiger partial charge is 0.229 e. The molecule has 3 rings (SSSR count). The summed E-state index contributed by atoms with van der Waals surface area (Å²) >= 11 is 0. The van der Waals surface area contributed by atoms with E-state index in [9.17, 15) is 0 Å². The summed E-state index contributed by atoms with van der Waals surface area (Å²) in [4.78, 5) is 4.66. The molecule has 3 heterocycles. The fourth-order valence-corrected chi connectivity index (χ4v) is 3.06. The maximum absolute atomic E-state index is 5.98. The van der Waals surface area contributed by atoms with E-state index in [1.54, 1.807) is 0 Å². The Morgan fingerprint density at radius 2 is 2.05 bits per heavy atom. The van der Waals surface area contributed by atoms with Crippen LogP contribution < -0.4 is 5.32 Å².